The number of thiazole rings is 1. The third kappa shape index (κ3) is 4.41. The van der Waals surface area contributed by atoms with Gasteiger partial charge in [0.15, 0.2) is 0 Å². The largest absolute Gasteiger partial charge is 0.457 e. The third-order valence-electron chi connectivity index (χ3n) is 2.54. The van der Waals surface area contributed by atoms with Crippen LogP contribution in [0.15, 0.2) is 42.0 Å². The second-order valence-corrected chi connectivity index (χ2v) is 5.68. The van der Waals surface area contributed by atoms with Crippen LogP contribution in [-0.2, 0) is 4.74 Å². The van der Waals surface area contributed by atoms with Crippen LogP contribution in [-0.4, -0.2) is 23.8 Å². The number of carbonyl (C=O) groups is 1. The standard InChI is InChI=1S/C15H14ClN3O2S/c1-3-7-21-14(20)13-10(2)18-15(22-13)19-17-9-11-5-4-6-12(16)8-11/h3-6,8-9H,1,7H2,2H3,(H,18,19)/b17-9+. The van der Waals surface area contributed by atoms with Gasteiger partial charge < -0.3 is 4.74 Å². The maximum Gasteiger partial charge on any atom is 0.350 e. The van der Waals surface area contributed by atoms with Crippen molar-refractivity contribution in [3.05, 3.63) is 58.1 Å². The van der Waals surface area contributed by atoms with Crippen LogP contribution in [0.3, 0.4) is 0 Å². The number of aromatic nitrogens is 1. The Morgan fingerprint density at radius 3 is 3.14 bits per heavy atom. The first-order valence-electron chi connectivity index (χ1n) is 6.40. The van der Waals surface area contributed by atoms with Crippen LogP contribution in [0.1, 0.15) is 20.9 Å². The number of nitrogens with one attached hydrogen (secondary N) is 1. The average molecular weight is 336 g/mol. The molecule has 0 saturated carbocycles. The number of aryl methyl sites for hydroxylation is 1. The minimum atomic E-state index is -0.415. The van der Waals surface area contributed by atoms with E-state index in [1.54, 1.807) is 25.3 Å². The van der Waals surface area contributed by atoms with E-state index in [-0.39, 0.29) is 6.61 Å². The van der Waals surface area contributed by atoms with Gasteiger partial charge in [0.1, 0.15) is 11.5 Å². The number of ether oxygens (including phenoxy) is 1. The maximum atomic E-state index is 11.8. The summed E-state index contributed by atoms with van der Waals surface area (Å²) in [7, 11) is 0. The van der Waals surface area contributed by atoms with E-state index in [0.717, 1.165) is 5.56 Å². The van der Waals surface area contributed by atoms with E-state index in [4.69, 9.17) is 16.3 Å². The zero-order valence-corrected chi connectivity index (χ0v) is 13.4. The minimum absolute atomic E-state index is 0.172. The first-order chi connectivity index (χ1) is 10.6. The lowest BCUT2D eigenvalue weighted by atomic mass is 10.2. The van der Waals surface area contributed by atoms with Crippen LogP contribution in [0.4, 0.5) is 5.13 Å². The number of nitrogens with zero attached hydrogens (tertiary/aromatic N) is 2. The van der Waals surface area contributed by atoms with E-state index < -0.39 is 5.97 Å². The van der Waals surface area contributed by atoms with Gasteiger partial charge in [-0.2, -0.15) is 5.10 Å². The fourth-order valence-electron chi connectivity index (χ4n) is 1.58. The van der Waals surface area contributed by atoms with Crippen LogP contribution < -0.4 is 5.43 Å². The SMILES string of the molecule is C=CCOC(=O)c1sc(N/N=C/c2cccc(Cl)c2)nc1C. The molecule has 2 aromatic rings. The molecule has 22 heavy (non-hydrogen) atoms. The highest BCUT2D eigenvalue weighted by Gasteiger charge is 2.16. The number of carbonyl (C=O) groups excluding carboxylic acids is 1. The summed E-state index contributed by atoms with van der Waals surface area (Å²) in [5.74, 6) is -0.415. The summed E-state index contributed by atoms with van der Waals surface area (Å²) >= 11 is 7.08. The number of esters is 1. The Kier molecular flexibility index (Phi) is 5.68. The second kappa shape index (κ2) is 7.72. The van der Waals surface area contributed by atoms with Crippen molar-refractivity contribution in [3.8, 4) is 0 Å². The van der Waals surface area contributed by atoms with Crippen molar-refractivity contribution >= 4 is 40.3 Å². The predicted octanol–water partition coefficient (Wildman–Crippen LogP) is 3.89. The summed E-state index contributed by atoms with van der Waals surface area (Å²) in [5.41, 5.74) is 4.25. The van der Waals surface area contributed by atoms with Crippen molar-refractivity contribution in [2.45, 2.75) is 6.92 Å². The van der Waals surface area contributed by atoms with Gasteiger partial charge in [0.05, 0.1) is 11.9 Å². The van der Waals surface area contributed by atoms with Crippen molar-refractivity contribution < 1.29 is 9.53 Å². The zero-order valence-electron chi connectivity index (χ0n) is 11.9. The van der Waals surface area contributed by atoms with Gasteiger partial charge in [0.2, 0.25) is 5.13 Å². The number of hydrogen-bond donors (Lipinski definition) is 1. The maximum absolute atomic E-state index is 11.8. The van der Waals surface area contributed by atoms with E-state index in [2.05, 4.69) is 22.1 Å². The highest BCUT2D eigenvalue weighted by atomic mass is 35.5. The van der Waals surface area contributed by atoms with Gasteiger partial charge in [0, 0.05) is 5.02 Å². The lowest BCUT2D eigenvalue weighted by molar-refractivity contribution is 0.0554. The van der Waals surface area contributed by atoms with E-state index in [1.165, 1.54) is 17.4 Å². The Bertz CT molecular complexity index is 713. The summed E-state index contributed by atoms with van der Waals surface area (Å²) in [6.45, 7) is 5.41. The number of hydrogen-bond acceptors (Lipinski definition) is 6. The molecule has 5 nitrogen and oxygen atoms in total. The van der Waals surface area contributed by atoms with Gasteiger partial charge in [-0.3, -0.25) is 5.43 Å². The molecule has 1 aromatic heterocycles. The van der Waals surface area contributed by atoms with Gasteiger partial charge in [-0.05, 0) is 24.6 Å². The smallest absolute Gasteiger partial charge is 0.350 e. The van der Waals surface area contributed by atoms with Crippen molar-refractivity contribution in [2.75, 3.05) is 12.0 Å². The van der Waals surface area contributed by atoms with Crippen LogP contribution in [0, 0.1) is 6.92 Å². The molecule has 0 saturated heterocycles. The molecule has 114 valence electrons. The molecule has 0 spiro atoms. The lowest BCUT2D eigenvalue weighted by Crippen LogP contribution is -2.04. The molecule has 2 rings (SSSR count). The third-order valence-corrected chi connectivity index (χ3v) is 3.81. The molecule has 7 heteroatoms. The number of anilines is 1. The Morgan fingerprint density at radius 2 is 2.41 bits per heavy atom. The fourth-order valence-corrected chi connectivity index (χ4v) is 2.59. The molecule has 0 radical (unpaired) electrons. The Morgan fingerprint density at radius 1 is 1.59 bits per heavy atom. The Balaban J connectivity index is 2.02. The average Bonchev–Trinajstić information content (AvgIpc) is 2.86. The molecule has 0 aliphatic rings. The van der Waals surface area contributed by atoms with E-state index in [0.29, 0.717) is 20.7 Å². The number of rotatable bonds is 6. The van der Waals surface area contributed by atoms with Crippen molar-refractivity contribution in [1.29, 1.82) is 0 Å². The first-order valence-corrected chi connectivity index (χ1v) is 7.59. The molecule has 0 aliphatic carbocycles. The quantitative estimate of drug-likeness (QED) is 0.376. The monoisotopic (exact) mass is 335 g/mol. The molecule has 0 bridgehead atoms. The lowest BCUT2D eigenvalue weighted by Gasteiger charge is -1.98. The molecule has 1 N–H and O–H groups in total. The summed E-state index contributed by atoms with van der Waals surface area (Å²) in [6, 6.07) is 7.29. The van der Waals surface area contributed by atoms with Crippen molar-refractivity contribution in [2.24, 2.45) is 5.10 Å². The van der Waals surface area contributed by atoms with Crippen LogP contribution in [0.25, 0.3) is 0 Å². The molecular weight excluding hydrogens is 322 g/mol. The highest BCUT2D eigenvalue weighted by Crippen LogP contribution is 2.23. The molecule has 0 fully saturated rings. The highest BCUT2D eigenvalue weighted by molar-refractivity contribution is 7.17. The van der Waals surface area contributed by atoms with Gasteiger partial charge in [-0.25, -0.2) is 9.78 Å². The van der Waals surface area contributed by atoms with E-state index in [9.17, 15) is 4.79 Å². The number of benzene rings is 1. The molecule has 1 heterocycles. The van der Waals surface area contributed by atoms with Crippen LogP contribution in [0.5, 0.6) is 0 Å². The molecule has 0 aliphatic heterocycles. The van der Waals surface area contributed by atoms with Gasteiger partial charge in [-0.1, -0.05) is 47.7 Å². The normalized spacial score (nSPS) is 10.6. The molecule has 0 atom stereocenters. The first kappa shape index (κ1) is 16.2. The summed E-state index contributed by atoms with van der Waals surface area (Å²) < 4.78 is 4.99. The zero-order chi connectivity index (χ0) is 15.9. The van der Waals surface area contributed by atoms with Gasteiger partial charge in [-0.15, -0.1) is 0 Å². The fraction of sp³-hybridized carbons (Fsp3) is 0.133. The van der Waals surface area contributed by atoms with E-state index >= 15 is 0 Å². The Labute approximate surface area is 137 Å². The van der Waals surface area contributed by atoms with Gasteiger partial charge in [0.25, 0.3) is 0 Å². The summed E-state index contributed by atoms with van der Waals surface area (Å²) in [6.07, 6.45) is 3.14. The van der Waals surface area contributed by atoms with Gasteiger partial charge >= 0.3 is 5.97 Å². The van der Waals surface area contributed by atoms with Crippen molar-refractivity contribution in [3.63, 3.8) is 0 Å². The molecule has 0 unspecified atom stereocenters. The molecule has 0 amide bonds. The predicted molar refractivity (Wildman–Crippen MR) is 90.0 cm³/mol. The number of halogens is 1. The van der Waals surface area contributed by atoms with Crippen LogP contribution >= 0.6 is 22.9 Å². The molecule has 1 aromatic carbocycles. The Hall–Kier alpha value is -2.18. The summed E-state index contributed by atoms with van der Waals surface area (Å²) in [5, 5.41) is 5.23. The summed E-state index contributed by atoms with van der Waals surface area (Å²) in [4.78, 5) is 16.5. The van der Waals surface area contributed by atoms with Crippen molar-refractivity contribution in [1.82, 2.24) is 4.98 Å². The van der Waals surface area contributed by atoms with E-state index in [1.807, 2.05) is 12.1 Å². The topological polar surface area (TPSA) is 63.6 Å². The minimum Gasteiger partial charge on any atom is -0.457 e. The van der Waals surface area contributed by atoms with Crippen LogP contribution in [0.2, 0.25) is 5.02 Å². The second-order valence-electron chi connectivity index (χ2n) is 4.25. The molecular formula is C15H14ClN3O2S. The number of hydrazone groups is 1.